The van der Waals surface area contributed by atoms with Crippen LogP contribution in [0.5, 0.6) is 0 Å². The van der Waals surface area contributed by atoms with E-state index < -0.39 is 6.10 Å². The molecule has 0 aliphatic rings. The lowest BCUT2D eigenvalue weighted by molar-refractivity contribution is 0.170. The van der Waals surface area contributed by atoms with E-state index in [0.29, 0.717) is 6.42 Å². The minimum absolute atomic E-state index is 0.0169. The zero-order valence-electron chi connectivity index (χ0n) is 5.54. The second kappa shape index (κ2) is 5.57. The first-order chi connectivity index (χ1) is 4.31. The lowest BCUT2D eigenvalue weighted by Gasteiger charge is -1.97. The zero-order chi connectivity index (χ0) is 7.11. The molecule has 0 spiro atoms. The molecule has 0 amide bonds. The summed E-state index contributed by atoms with van der Waals surface area (Å²) in [7, 11) is 0. The molecule has 0 saturated carbocycles. The normalized spacial score (nSPS) is 11.9. The Morgan fingerprint density at radius 2 is 2.33 bits per heavy atom. The van der Waals surface area contributed by atoms with Crippen LogP contribution < -0.4 is 0 Å². The van der Waals surface area contributed by atoms with Crippen molar-refractivity contribution in [2.24, 2.45) is 0 Å². The fourth-order valence-corrected chi connectivity index (χ4v) is 0.423. The van der Waals surface area contributed by atoms with Gasteiger partial charge in [-0.25, -0.2) is 0 Å². The third kappa shape index (κ3) is 5.31. The van der Waals surface area contributed by atoms with Crippen molar-refractivity contribution < 1.29 is 10.2 Å². The first-order valence-electron chi connectivity index (χ1n) is 2.97. The molecule has 0 bridgehead atoms. The van der Waals surface area contributed by atoms with Gasteiger partial charge in [0.05, 0.1) is 6.10 Å². The van der Waals surface area contributed by atoms with Crippen LogP contribution in [0.2, 0.25) is 0 Å². The number of aliphatic hydroxyl groups is 2. The molecule has 0 heterocycles. The standard InChI is InChI=1S/C7H12O2/c1-2-3-4-7(9)5-6-8/h2,4,7-9H,5-6H2,1H3. The molecule has 9 heavy (non-hydrogen) atoms. The molecule has 0 fully saturated rings. The lowest BCUT2D eigenvalue weighted by atomic mass is 10.2. The number of rotatable bonds is 3. The van der Waals surface area contributed by atoms with Crippen LogP contribution in [0.1, 0.15) is 13.3 Å². The third-order valence-electron chi connectivity index (χ3n) is 0.880. The smallest absolute Gasteiger partial charge is 0.0816 e. The van der Waals surface area contributed by atoms with Crippen LogP contribution in [0.3, 0.4) is 0 Å². The van der Waals surface area contributed by atoms with Gasteiger partial charge in [-0.1, -0.05) is 0 Å². The quantitative estimate of drug-likeness (QED) is 0.542. The Labute approximate surface area is 55.1 Å². The predicted molar refractivity (Wildman–Crippen MR) is 36.0 cm³/mol. The van der Waals surface area contributed by atoms with Crippen molar-refractivity contribution in [3.8, 4) is 0 Å². The van der Waals surface area contributed by atoms with Gasteiger partial charge in [-0.2, -0.15) is 0 Å². The molecule has 0 aromatic carbocycles. The summed E-state index contributed by atoms with van der Waals surface area (Å²) in [5.74, 6) is 0. The van der Waals surface area contributed by atoms with Crippen molar-refractivity contribution in [3.05, 3.63) is 17.9 Å². The zero-order valence-corrected chi connectivity index (χ0v) is 5.54. The van der Waals surface area contributed by atoms with E-state index in [0.717, 1.165) is 0 Å². The molecule has 52 valence electrons. The molecule has 2 N–H and O–H groups in total. The maximum atomic E-state index is 8.88. The van der Waals surface area contributed by atoms with E-state index in [9.17, 15) is 0 Å². The van der Waals surface area contributed by atoms with Gasteiger partial charge in [0, 0.05) is 13.0 Å². The molecule has 1 unspecified atom stereocenters. The molecule has 2 nitrogen and oxygen atoms in total. The van der Waals surface area contributed by atoms with Crippen molar-refractivity contribution in [2.75, 3.05) is 6.61 Å². The second-order valence-corrected chi connectivity index (χ2v) is 1.70. The van der Waals surface area contributed by atoms with Gasteiger partial charge in [0.15, 0.2) is 0 Å². The SMILES string of the molecule is CC=C=CC(O)CCO. The average molecular weight is 128 g/mol. The highest BCUT2D eigenvalue weighted by Crippen LogP contribution is 1.89. The highest BCUT2D eigenvalue weighted by Gasteiger charge is 1.93. The molecular weight excluding hydrogens is 116 g/mol. The Morgan fingerprint density at radius 1 is 1.67 bits per heavy atom. The Morgan fingerprint density at radius 3 is 2.78 bits per heavy atom. The van der Waals surface area contributed by atoms with E-state index in [-0.39, 0.29) is 6.61 Å². The highest BCUT2D eigenvalue weighted by molar-refractivity contribution is 4.87. The van der Waals surface area contributed by atoms with Gasteiger partial charge >= 0.3 is 0 Å². The van der Waals surface area contributed by atoms with Gasteiger partial charge in [0.25, 0.3) is 0 Å². The maximum Gasteiger partial charge on any atom is 0.0816 e. The van der Waals surface area contributed by atoms with Gasteiger partial charge in [0.1, 0.15) is 0 Å². The van der Waals surface area contributed by atoms with Crippen LogP contribution in [-0.2, 0) is 0 Å². The van der Waals surface area contributed by atoms with Crippen molar-refractivity contribution >= 4 is 0 Å². The highest BCUT2D eigenvalue weighted by atomic mass is 16.3. The topological polar surface area (TPSA) is 40.5 Å². The largest absolute Gasteiger partial charge is 0.396 e. The average Bonchev–Trinajstić information content (AvgIpc) is 1.85. The minimum atomic E-state index is -0.550. The number of aliphatic hydroxyl groups excluding tert-OH is 2. The summed E-state index contributed by atoms with van der Waals surface area (Å²) < 4.78 is 0. The molecule has 0 aromatic heterocycles. The molecular formula is C7H12O2. The van der Waals surface area contributed by atoms with Crippen LogP contribution in [0.25, 0.3) is 0 Å². The van der Waals surface area contributed by atoms with Gasteiger partial charge in [-0.15, -0.1) is 5.73 Å². The number of hydrogen-bond acceptors (Lipinski definition) is 2. The Bertz CT molecular complexity index is 112. The van der Waals surface area contributed by atoms with Crippen LogP contribution in [0, 0.1) is 0 Å². The Kier molecular flexibility index (Phi) is 5.23. The predicted octanol–water partition coefficient (Wildman–Crippen LogP) is 0.461. The summed E-state index contributed by atoms with van der Waals surface area (Å²) in [4.78, 5) is 0. The lowest BCUT2D eigenvalue weighted by Crippen LogP contribution is -2.03. The monoisotopic (exact) mass is 128 g/mol. The third-order valence-corrected chi connectivity index (χ3v) is 0.880. The van der Waals surface area contributed by atoms with Crippen molar-refractivity contribution in [1.82, 2.24) is 0 Å². The van der Waals surface area contributed by atoms with Crippen molar-refractivity contribution in [3.63, 3.8) is 0 Å². The summed E-state index contributed by atoms with van der Waals surface area (Å²) in [6.07, 6.45) is 3.07. The summed E-state index contributed by atoms with van der Waals surface area (Å²) in [5.41, 5.74) is 2.72. The second-order valence-electron chi connectivity index (χ2n) is 1.70. The maximum absolute atomic E-state index is 8.88. The van der Waals surface area contributed by atoms with Crippen LogP contribution in [0.15, 0.2) is 17.9 Å². The fraction of sp³-hybridized carbons (Fsp3) is 0.571. The Hall–Kier alpha value is -0.560. The van der Waals surface area contributed by atoms with Crippen molar-refractivity contribution in [1.29, 1.82) is 0 Å². The summed E-state index contributed by atoms with van der Waals surface area (Å²) in [6.45, 7) is 1.84. The molecule has 1 atom stereocenters. The van der Waals surface area contributed by atoms with E-state index >= 15 is 0 Å². The molecule has 0 rings (SSSR count). The molecule has 0 aromatic rings. The Balaban J connectivity index is 3.49. The fourth-order valence-electron chi connectivity index (χ4n) is 0.423. The van der Waals surface area contributed by atoms with E-state index in [1.54, 1.807) is 6.08 Å². The number of hydrogen-bond donors (Lipinski definition) is 2. The molecule has 0 radical (unpaired) electrons. The first kappa shape index (κ1) is 8.44. The molecule has 0 aliphatic carbocycles. The van der Waals surface area contributed by atoms with Gasteiger partial charge < -0.3 is 10.2 Å². The van der Waals surface area contributed by atoms with Crippen LogP contribution in [-0.4, -0.2) is 22.9 Å². The summed E-state index contributed by atoms with van der Waals surface area (Å²) >= 11 is 0. The van der Waals surface area contributed by atoms with Gasteiger partial charge in [0.2, 0.25) is 0 Å². The van der Waals surface area contributed by atoms with Gasteiger partial charge in [-0.3, -0.25) is 0 Å². The minimum Gasteiger partial charge on any atom is -0.396 e. The van der Waals surface area contributed by atoms with Gasteiger partial charge in [-0.05, 0) is 19.1 Å². The first-order valence-corrected chi connectivity index (χ1v) is 2.97. The molecule has 0 aliphatic heterocycles. The van der Waals surface area contributed by atoms with Crippen molar-refractivity contribution in [2.45, 2.75) is 19.4 Å². The summed E-state index contributed by atoms with van der Waals surface area (Å²) in [5, 5.41) is 17.2. The van der Waals surface area contributed by atoms with E-state index in [4.69, 9.17) is 10.2 Å². The van der Waals surface area contributed by atoms with E-state index in [1.807, 2.05) is 6.92 Å². The molecule has 2 heteroatoms. The van der Waals surface area contributed by atoms with E-state index in [1.165, 1.54) is 6.08 Å². The van der Waals surface area contributed by atoms with Crippen LogP contribution in [0.4, 0.5) is 0 Å². The van der Waals surface area contributed by atoms with E-state index in [2.05, 4.69) is 5.73 Å². The summed E-state index contributed by atoms with van der Waals surface area (Å²) in [6, 6.07) is 0. The molecule has 0 saturated heterocycles. The van der Waals surface area contributed by atoms with Crippen LogP contribution >= 0.6 is 0 Å².